The zero-order chi connectivity index (χ0) is 20.0. The van der Waals surface area contributed by atoms with Gasteiger partial charge in [0, 0.05) is 56.3 Å². The lowest BCUT2D eigenvalue weighted by Gasteiger charge is -2.35. The molecule has 148 valence electrons. The molecule has 3 aromatic heterocycles. The number of anilines is 1. The van der Waals surface area contributed by atoms with Crippen molar-refractivity contribution in [3.8, 4) is 0 Å². The number of nitrogens with zero attached hydrogens (tertiary/aromatic N) is 6. The molecule has 0 N–H and O–H groups in total. The van der Waals surface area contributed by atoms with Crippen molar-refractivity contribution in [2.24, 2.45) is 7.05 Å². The van der Waals surface area contributed by atoms with Gasteiger partial charge in [0.15, 0.2) is 0 Å². The third-order valence-corrected chi connectivity index (χ3v) is 6.36. The lowest BCUT2D eigenvalue weighted by atomic mass is 10.2. The first kappa shape index (κ1) is 18.9. The van der Waals surface area contributed by atoms with Crippen LogP contribution in [0, 0.1) is 13.8 Å². The average Bonchev–Trinajstić information content (AvgIpc) is 3.22. The molecule has 1 fully saturated rings. The van der Waals surface area contributed by atoms with E-state index < -0.39 is 0 Å². The molecule has 0 spiro atoms. The van der Waals surface area contributed by atoms with Gasteiger partial charge in [0.1, 0.15) is 16.5 Å². The lowest BCUT2D eigenvalue weighted by Crippen LogP contribution is -2.49. The van der Waals surface area contributed by atoms with Gasteiger partial charge in [-0.25, -0.2) is 9.97 Å². The first-order valence-electron chi connectivity index (χ1n) is 9.66. The van der Waals surface area contributed by atoms with Gasteiger partial charge in [0.2, 0.25) is 0 Å². The molecule has 4 rings (SSSR count). The number of hydrogen-bond donors (Lipinski definition) is 0. The average molecular weight is 399 g/mol. The Hall–Kier alpha value is -2.48. The highest BCUT2D eigenvalue weighted by atomic mass is 32.1. The van der Waals surface area contributed by atoms with E-state index in [4.69, 9.17) is 4.98 Å². The molecule has 0 bridgehead atoms. The Bertz CT molecular complexity index is 994. The summed E-state index contributed by atoms with van der Waals surface area (Å²) in [5.41, 5.74) is 1.96. The summed E-state index contributed by atoms with van der Waals surface area (Å²) in [5, 5.41) is 5.49. The maximum atomic E-state index is 13.0. The standard InChI is InChI=1S/C20H26N6OS/c1-12(2)18-21-13(3)10-17(22-18)25-6-8-26(9-7-25)19(27)16-11-15-14(4)23-24(5)20(15)28-16/h10-12H,6-9H2,1-5H3. The SMILES string of the molecule is Cc1cc(N2CCN(C(=O)c3cc4c(C)nn(C)c4s3)CC2)nc(C(C)C)n1. The van der Waals surface area contributed by atoms with Gasteiger partial charge in [-0.15, -0.1) is 11.3 Å². The second-order valence-corrected chi connectivity index (χ2v) is 8.73. The number of rotatable bonds is 3. The Morgan fingerprint density at radius 2 is 1.82 bits per heavy atom. The van der Waals surface area contributed by atoms with Crippen molar-refractivity contribution in [1.29, 1.82) is 0 Å². The van der Waals surface area contributed by atoms with Crippen molar-refractivity contribution in [3.63, 3.8) is 0 Å². The van der Waals surface area contributed by atoms with Gasteiger partial charge in [-0.3, -0.25) is 9.48 Å². The van der Waals surface area contributed by atoms with E-state index in [0.29, 0.717) is 19.0 Å². The molecular formula is C20H26N6OS. The van der Waals surface area contributed by atoms with Crippen LogP contribution in [0.15, 0.2) is 12.1 Å². The summed E-state index contributed by atoms with van der Waals surface area (Å²) in [6.45, 7) is 11.2. The number of carbonyl (C=O) groups is 1. The summed E-state index contributed by atoms with van der Waals surface area (Å²) < 4.78 is 1.85. The van der Waals surface area contributed by atoms with Crippen molar-refractivity contribution in [1.82, 2.24) is 24.6 Å². The molecular weight excluding hydrogens is 372 g/mol. The molecule has 0 unspecified atom stereocenters. The first-order chi connectivity index (χ1) is 13.3. The van der Waals surface area contributed by atoms with Gasteiger partial charge >= 0.3 is 0 Å². The Balaban J connectivity index is 1.47. The van der Waals surface area contributed by atoms with E-state index in [0.717, 1.165) is 51.2 Å². The van der Waals surface area contributed by atoms with Gasteiger partial charge in [-0.2, -0.15) is 5.10 Å². The smallest absolute Gasteiger partial charge is 0.264 e. The van der Waals surface area contributed by atoms with E-state index in [-0.39, 0.29) is 5.91 Å². The molecule has 1 aliphatic heterocycles. The van der Waals surface area contributed by atoms with Crippen LogP contribution in [0.1, 0.15) is 46.6 Å². The molecule has 0 aromatic carbocycles. The zero-order valence-electron chi connectivity index (χ0n) is 17.1. The number of carbonyl (C=O) groups excluding carboxylic acids is 1. The number of aryl methyl sites for hydroxylation is 3. The summed E-state index contributed by atoms with van der Waals surface area (Å²) >= 11 is 1.53. The van der Waals surface area contributed by atoms with E-state index in [9.17, 15) is 4.79 Å². The molecule has 3 aromatic rings. The Morgan fingerprint density at radius 1 is 1.11 bits per heavy atom. The molecule has 0 aliphatic carbocycles. The second kappa shape index (κ2) is 7.16. The predicted molar refractivity (Wildman–Crippen MR) is 112 cm³/mol. The summed E-state index contributed by atoms with van der Waals surface area (Å²) in [6, 6.07) is 4.02. The first-order valence-corrected chi connectivity index (χ1v) is 10.5. The van der Waals surface area contributed by atoms with Crippen LogP contribution in [0.5, 0.6) is 0 Å². The summed E-state index contributed by atoms with van der Waals surface area (Å²) in [7, 11) is 1.92. The second-order valence-electron chi connectivity index (χ2n) is 7.70. The fraction of sp³-hybridized carbons (Fsp3) is 0.500. The topological polar surface area (TPSA) is 67.2 Å². The van der Waals surface area contributed by atoms with Crippen LogP contribution in [0.4, 0.5) is 5.82 Å². The summed E-state index contributed by atoms with van der Waals surface area (Å²) in [4.78, 5) is 28.3. The molecule has 0 radical (unpaired) electrons. The maximum absolute atomic E-state index is 13.0. The summed E-state index contributed by atoms with van der Waals surface area (Å²) in [6.07, 6.45) is 0. The molecule has 0 atom stereocenters. The Labute approximate surface area is 169 Å². The molecule has 1 saturated heterocycles. The number of piperazine rings is 1. The fourth-order valence-corrected chi connectivity index (χ4v) is 4.69. The number of thiophene rings is 1. The van der Waals surface area contributed by atoms with Crippen LogP contribution in [0.25, 0.3) is 10.2 Å². The van der Waals surface area contributed by atoms with Crippen LogP contribution in [-0.4, -0.2) is 56.7 Å². The highest BCUT2D eigenvalue weighted by molar-refractivity contribution is 7.20. The summed E-state index contributed by atoms with van der Waals surface area (Å²) in [5.74, 6) is 2.25. The quantitative estimate of drug-likeness (QED) is 0.678. The molecule has 4 heterocycles. The fourth-order valence-electron chi connectivity index (χ4n) is 3.60. The van der Waals surface area contributed by atoms with E-state index in [1.54, 1.807) is 0 Å². The minimum Gasteiger partial charge on any atom is -0.353 e. The third kappa shape index (κ3) is 3.37. The van der Waals surface area contributed by atoms with E-state index in [1.165, 1.54) is 11.3 Å². The lowest BCUT2D eigenvalue weighted by molar-refractivity contribution is 0.0751. The van der Waals surface area contributed by atoms with Crippen molar-refractivity contribution in [3.05, 3.63) is 34.2 Å². The van der Waals surface area contributed by atoms with Crippen LogP contribution in [-0.2, 0) is 7.05 Å². The molecule has 0 saturated carbocycles. The van der Waals surface area contributed by atoms with Gasteiger partial charge < -0.3 is 9.80 Å². The third-order valence-electron chi connectivity index (χ3n) is 5.17. The molecule has 7 nitrogen and oxygen atoms in total. The van der Waals surface area contributed by atoms with Gasteiger partial charge in [0.05, 0.1) is 10.6 Å². The Kier molecular flexibility index (Phi) is 4.82. The molecule has 1 amide bonds. The van der Waals surface area contributed by atoms with E-state index in [2.05, 4.69) is 28.8 Å². The van der Waals surface area contributed by atoms with Crippen molar-refractivity contribution >= 4 is 33.3 Å². The number of hydrogen-bond acceptors (Lipinski definition) is 6. The minimum absolute atomic E-state index is 0.113. The Morgan fingerprint density at radius 3 is 2.46 bits per heavy atom. The number of amides is 1. The number of aromatic nitrogens is 4. The van der Waals surface area contributed by atoms with E-state index in [1.807, 2.05) is 42.6 Å². The largest absolute Gasteiger partial charge is 0.353 e. The van der Waals surface area contributed by atoms with Crippen molar-refractivity contribution in [2.45, 2.75) is 33.6 Å². The monoisotopic (exact) mass is 398 g/mol. The number of fused-ring (bicyclic) bond motifs is 1. The maximum Gasteiger partial charge on any atom is 0.264 e. The van der Waals surface area contributed by atoms with Crippen LogP contribution >= 0.6 is 11.3 Å². The van der Waals surface area contributed by atoms with Crippen LogP contribution in [0.2, 0.25) is 0 Å². The van der Waals surface area contributed by atoms with Crippen molar-refractivity contribution < 1.29 is 4.79 Å². The molecule has 8 heteroatoms. The van der Waals surface area contributed by atoms with Gasteiger partial charge in [-0.1, -0.05) is 13.8 Å². The van der Waals surface area contributed by atoms with Crippen LogP contribution in [0.3, 0.4) is 0 Å². The highest BCUT2D eigenvalue weighted by Crippen LogP contribution is 2.29. The van der Waals surface area contributed by atoms with Gasteiger partial charge in [0.25, 0.3) is 5.91 Å². The normalized spacial score (nSPS) is 15.1. The van der Waals surface area contributed by atoms with Crippen LogP contribution < -0.4 is 4.90 Å². The molecule has 28 heavy (non-hydrogen) atoms. The van der Waals surface area contributed by atoms with Gasteiger partial charge in [-0.05, 0) is 19.9 Å². The zero-order valence-corrected chi connectivity index (χ0v) is 17.9. The highest BCUT2D eigenvalue weighted by Gasteiger charge is 2.25. The molecule has 1 aliphatic rings. The van der Waals surface area contributed by atoms with Crippen molar-refractivity contribution in [2.75, 3.05) is 31.1 Å². The predicted octanol–water partition coefficient (Wildman–Crippen LogP) is 3.13. The van der Waals surface area contributed by atoms with E-state index >= 15 is 0 Å². The minimum atomic E-state index is 0.113.